The van der Waals surface area contributed by atoms with Crippen molar-refractivity contribution in [3.63, 3.8) is 0 Å². The molecule has 0 radical (unpaired) electrons. The van der Waals surface area contributed by atoms with Crippen molar-refractivity contribution < 1.29 is 14.0 Å². The number of likely N-dealkylation sites (N-methyl/N-ethyl adjacent to an activating group) is 1. The van der Waals surface area contributed by atoms with Gasteiger partial charge in [-0.15, -0.1) is 0 Å². The van der Waals surface area contributed by atoms with E-state index >= 15 is 0 Å². The molecule has 7 heteroatoms. The largest absolute Gasteiger partial charge is 0.486 e. The predicted molar refractivity (Wildman–Crippen MR) is 92.1 cm³/mol. The lowest BCUT2D eigenvalue weighted by atomic mass is 9.84. The molecule has 1 aromatic carbocycles. The highest BCUT2D eigenvalue weighted by Crippen LogP contribution is 2.38. The first-order valence-corrected chi connectivity index (χ1v) is 8.71. The van der Waals surface area contributed by atoms with E-state index in [9.17, 15) is 0 Å². The molecule has 1 aromatic heterocycles. The molecule has 1 atom stereocenters. The molecule has 1 saturated heterocycles. The highest BCUT2D eigenvalue weighted by molar-refractivity contribution is 5.47. The second-order valence-corrected chi connectivity index (χ2v) is 7.14. The maximum Gasteiger partial charge on any atom is 0.236 e. The molecule has 2 aromatic rings. The van der Waals surface area contributed by atoms with E-state index in [1.807, 2.05) is 18.2 Å². The lowest BCUT2D eigenvalue weighted by Crippen LogP contribution is -2.44. The summed E-state index contributed by atoms with van der Waals surface area (Å²) >= 11 is 0. The number of benzene rings is 1. The number of nitrogens with one attached hydrogen (secondary N) is 1. The molecule has 4 rings (SSSR count). The molecule has 2 aliphatic rings. The van der Waals surface area contributed by atoms with Crippen molar-refractivity contribution in [1.29, 1.82) is 0 Å². The van der Waals surface area contributed by atoms with Gasteiger partial charge in [0.25, 0.3) is 0 Å². The first-order valence-electron chi connectivity index (χ1n) is 8.71. The zero-order valence-corrected chi connectivity index (χ0v) is 14.9. The quantitative estimate of drug-likeness (QED) is 0.909. The average molecular weight is 344 g/mol. The molecule has 0 saturated carbocycles. The van der Waals surface area contributed by atoms with Gasteiger partial charge in [-0.1, -0.05) is 11.2 Å². The van der Waals surface area contributed by atoms with Gasteiger partial charge in [0.1, 0.15) is 13.2 Å². The normalized spacial score (nSPS) is 21.3. The van der Waals surface area contributed by atoms with Crippen LogP contribution in [0.2, 0.25) is 0 Å². The van der Waals surface area contributed by atoms with Crippen molar-refractivity contribution in [3.8, 4) is 11.5 Å². The van der Waals surface area contributed by atoms with E-state index in [0.29, 0.717) is 19.1 Å². The summed E-state index contributed by atoms with van der Waals surface area (Å²) in [4.78, 5) is 6.97. The standard InChI is InChI=1S/C18H24N4O3/c1-18(2,12-4-5-14-15(10-12)24-9-8-23-14)17-20-16(21-25-17)13-11-19-6-7-22(13)3/h4-5,10,13,19H,6-9,11H2,1-3H3. The molecule has 7 nitrogen and oxygen atoms in total. The SMILES string of the molecule is CN1CCNCC1c1noc(C(C)(C)c2ccc3c(c2)OCCO3)n1. The summed E-state index contributed by atoms with van der Waals surface area (Å²) < 4.78 is 16.9. The summed E-state index contributed by atoms with van der Waals surface area (Å²) in [5, 5.41) is 7.63. The molecule has 1 fully saturated rings. The molecule has 0 amide bonds. The van der Waals surface area contributed by atoms with Gasteiger partial charge >= 0.3 is 0 Å². The third kappa shape index (κ3) is 2.98. The number of fused-ring (bicyclic) bond motifs is 1. The fraction of sp³-hybridized carbons (Fsp3) is 0.556. The number of hydrogen-bond acceptors (Lipinski definition) is 7. The van der Waals surface area contributed by atoms with E-state index in [4.69, 9.17) is 19.0 Å². The summed E-state index contributed by atoms with van der Waals surface area (Å²) in [7, 11) is 2.09. The maximum atomic E-state index is 5.70. The van der Waals surface area contributed by atoms with Crippen molar-refractivity contribution in [2.75, 3.05) is 39.9 Å². The molecule has 0 aliphatic carbocycles. The summed E-state index contributed by atoms with van der Waals surface area (Å²) in [5.41, 5.74) is 0.643. The zero-order valence-electron chi connectivity index (χ0n) is 14.9. The Bertz CT molecular complexity index is 759. The third-order valence-corrected chi connectivity index (χ3v) is 5.05. The van der Waals surface area contributed by atoms with E-state index in [1.165, 1.54) is 0 Å². The first kappa shape index (κ1) is 16.4. The van der Waals surface area contributed by atoms with Gasteiger partial charge < -0.3 is 19.3 Å². The smallest absolute Gasteiger partial charge is 0.236 e. The van der Waals surface area contributed by atoms with Crippen LogP contribution >= 0.6 is 0 Å². The molecule has 3 heterocycles. The summed E-state index contributed by atoms with van der Waals surface area (Å²) in [6.07, 6.45) is 0. The predicted octanol–water partition coefficient (Wildman–Crippen LogP) is 1.74. The number of piperazine rings is 1. The Morgan fingerprint density at radius 3 is 2.80 bits per heavy atom. The number of rotatable bonds is 3. The van der Waals surface area contributed by atoms with Crippen molar-refractivity contribution in [3.05, 3.63) is 35.5 Å². The van der Waals surface area contributed by atoms with E-state index < -0.39 is 5.41 Å². The van der Waals surface area contributed by atoms with Crippen LogP contribution in [-0.4, -0.2) is 54.9 Å². The minimum Gasteiger partial charge on any atom is -0.486 e. The molecule has 1 unspecified atom stereocenters. The number of nitrogens with zero attached hydrogens (tertiary/aromatic N) is 3. The molecular weight excluding hydrogens is 320 g/mol. The Morgan fingerprint density at radius 1 is 1.20 bits per heavy atom. The molecular formula is C18H24N4O3. The number of ether oxygens (including phenoxy) is 2. The number of aromatic nitrogens is 2. The van der Waals surface area contributed by atoms with E-state index in [2.05, 4.69) is 36.3 Å². The summed E-state index contributed by atoms with van der Waals surface area (Å²) in [6, 6.07) is 6.13. The lowest BCUT2D eigenvalue weighted by Gasteiger charge is -2.30. The van der Waals surface area contributed by atoms with E-state index in [1.54, 1.807) is 0 Å². The fourth-order valence-corrected chi connectivity index (χ4v) is 3.27. The Kier molecular flexibility index (Phi) is 4.13. The summed E-state index contributed by atoms with van der Waals surface area (Å²) in [6.45, 7) is 8.12. The zero-order chi connectivity index (χ0) is 17.4. The van der Waals surface area contributed by atoms with Crippen molar-refractivity contribution in [2.24, 2.45) is 0 Å². The van der Waals surface area contributed by atoms with Gasteiger partial charge in [0.2, 0.25) is 5.89 Å². The molecule has 25 heavy (non-hydrogen) atoms. The van der Waals surface area contributed by atoms with Gasteiger partial charge in [-0.2, -0.15) is 4.98 Å². The Labute approximate surface area is 147 Å². The number of hydrogen-bond donors (Lipinski definition) is 1. The third-order valence-electron chi connectivity index (χ3n) is 5.05. The van der Waals surface area contributed by atoms with Crippen LogP contribution in [0.25, 0.3) is 0 Å². The van der Waals surface area contributed by atoms with Gasteiger partial charge in [-0.05, 0) is 38.6 Å². The molecule has 1 N–H and O–H groups in total. The van der Waals surface area contributed by atoms with Gasteiger partial charge in [0, 0.05) is 19.6 Å². The topological polar surface area (TPSA) is 72.7 Å². The minimum absolute atomic E-state index is 0.141. The van der Waals surface area contributed by atoms with Crippen LogP contribution in [0.5, 0.6) is 11.5 Å². The Hall–Kier alpha value is -2.12. The van der Waals surface area contributed by atoms with Crippen LogP contribution in [0.1, 0.15) is 37.2 Å². The Balaban J connectivity index is 1.62. The van der Waals surface area contributed by atoms with Gasteiger partial charge in [-0.25, -0.2) is 0 Å². The van der Waals surface area contributed by atoms with E-state index in [0.717, 1.165) is 42.5 Å². The summed E-state index contributed by atoms with van der Waals surface area (Å²) in [5.74, 6) is 2.90. The van der Waals surface area contributed by atoms with E-state index in [-0.39, 0.29) is 6.04 Å². The van der Waals surface area contributed by atoms with Gasteiger partial charge in [-0.3, -0.25) is 4.90 Å². The molecule has 134 valence electrons. The molecule has 0 spiro atoms. The van der Waals surface area contributed by atoms with Crippen LogP contribution in [0.3, 0.4) is 0 Å². The van der Waals surface area contributed by atoms with Crippen LogP contribution < -0.4 is 14.8 Å². The Morgan fingerprint density at radius 2 is 2.00 bits per heavy atom. The minimum atomic E-state index is -0.415. The van der Waals surface area contributed by atoms with Crippen molar-refractivity contribution >= 4 is 0 Å². The van der Waals surface area contributed by atoms with Crippen LogP contribution in [-0.2, 0) is 5.41 Å². The van der Waals surface area contributed by atoms with Gasteiger partial charge in [0.15, 0.2) is 17.3 Å². The van der Waals surface area contributed by atoms with Crippen LogP contribution in [0, 0.1) is 0 Å². The molecule has 0 bridgehead atoms. The fourth-order valence-electron chi connectivity index (χ4n) is 3.27. The second-order valence-electron chi connectivity index (χ2n) is 7.14. The highest BCUT2D eigenvalue weighted by atomic mass is 16.6. The maximum absolute atomic E-state index is 5.70. The van der Waals surface area contributed by atoms with Crippen LogP contribution in [0.15, 0.2) is 22.7 Å². The van der Waals surface area contributed by atoms with Crippen molar-refractivity contribution in [2.45, 2.75) is 25.3 Å². The van der Waals surface area contributed by atoms with Gasteiger partial charge in [0.05, 0.1) is 11.5 Å². The lowest BCUT2D eigenvalue weighted by molar-refractivity contribution is 0.171. The monoisotopic (exact) mass is 344 g/mol. The average Bonchev–Trinajstić information content (AvgIpc) is 3.12. The van der Waals surface area contributed by atoms with Crippen LogP contribution in [0.4, 0.5) is 0 Å². The highest BCUT2D eigenvalue weighted by Gasteiger charge is 2.33. The second kappa shape index (κ2) is 6.31. The van der Waals surface area contributed by atoms with Crippen molar-refractivity contribution in [1.82, 2.24) is 20.4 Å². The first-order chi connectivity index (χ1) is 12.1. The molecule has 2 aliphatic heterocycles.